The molecule has 2 aromatic carbocycles. The highest BCUT2D eigenvalue weighted by Crippen LogP contribution is 2.34. The Hall–Kier alpha value is -2.28. The fraction of sp³-hybridized carbons (Fsp3) is 0.350. The average molecular weight is 389 g/mol. The van der Waals surface area contributed by atoms with Gasteiger partial charge in [0, 0.05) is 29.9 Å². The second kappa shape index (κ2) is 7.76. The van der Waals surface area contributed by atoms with Crippen LogP contribution >= 0.6 is 11.6 Å². The van der Waals surface area contributed by atoms with Crippen molar-refractivity contribution in [2.45, 2.75) is 19.1 Å². The predicted octanol–water partition coefficient (Wildman–Crippen LogP) is 3.47. The Morgan fingerprint density at radius 2 is 1.96 bits per heavy atom. The second-order valence-corrected chi connectivity index (χ2v) is 7.08. The van der Waals surface area contributed by atoms with E-state index in [0.717, 1.165) is 5.56 Å². The number of carbonyl (C=O) groups is 1. The van der Waals surface area contributed by atoms with Crippen LogP contribution in [0.5, 0.6) is 11.5 Å². The lowest BCUT2D eigenvalue weighted by atomic mass is 10.1. The summed E-state index contributed by atoms with van der Waals surface area (Å²) in [6, 6.07) is 12.8. The van der Waals surface area contributed by atoms with Crippen molar-refractivity contribution in [3.8, 4) is 11.5 Å². The van der Waals surface area contributed by atoms with Crippen molar-refractivity contribution in [2.75, 3.05) is 31.8 Å². The standard InChI is InChI=1S/C20H21ClN2O4/c1-13(20(24)22-16-6-7-17-18(10-16)27-12-26-17)23-8-9-25-19(11-23)14-2-4-15(21)5-3-14/h2-7,10,13,19H,8-9,11-12H2,1H3,(H,22,24)/t13-,19+/m0/s1. The highest BCUT2D eigenvalue weighted by molar-refractivity contribution is 6.30. The number of nitrogens with zero attached hydrogens (tertiary/aromatic N) is 1. The third-order valence-electron chi connectivity index (χ3n) is 4.91. The van der Waals surface area contributed by atoms with E-state index in [2.05, 4.69) is 10.2 Å². The molecule has 0 aliphatic carbocycles. The van der Waals surface area contributed by atoms with Crippen LogP contribution in [0.1, 0.15) is 18.6 Å². The first-order valence-electron chi connectivity index (χ1n) is 8.92. The zero-order valence-corrected chi connectivity index (χ0v) is 15.7. The number of hydrogen-bond donors (Lipinski definition) is 1. The molecule has 0 spiro atoms. The number of ether oxygens (including phenoxy) is 3. The molecule has 7 heteroatoms. The summed E-state index contributed by atoms with van der Waals surface area (Å²) in [5.74, 6) is 1.28. The van der Waals surface area contributed by atoms with Crippen LogP contribution in [0.15, 0.2) is 42.5 Å². The molecule has 6 nitrogen and oxygen atoms in total. The quantitative estimate of drug-likeness (QED) is 0.869. The molecule has 1 fully saturated rings. The number of amides is 1. The topological polar surface area (TPSA) is 60.0 Å². The predicted molar refractivity (Wildman–Crippen MR) is 102 cm³/mol. The van der Waals surface area contributed by atoms with Crippen molar-refractivity contribution < 1.29 is 19.0 Å². The summed E-state index contributed by atoms with van der Waals surface area (Å²) in [5, 5.41) is 3.65. The molecule has 1 saturated heterocycles. The monoisotopic (exact) mass is 388 g/mol. The lowest BCUT2D eigenvalue weighted by Gasteiger charge is -2.36. The zero-order valence-electron chi connectivity index (χ0n) is 15.0. The molecular formula is C20H21ClN2O4. The molecule has 2 aromatic rings. The minimum atomic E-state index is -0.283. The first kappa shape index (κ1) is 18.1. The third kappa shape index (κ3) is 4.03. The van der Waals surface area contributed by atoms with Crippen LogP contribution in [-0.4, -0.2) is 43.3 Å². The van der Waals surface area contributed by atoms with Gasteiger partial charge in [0.25, 0.3) is 0 Å². The molecule has 27 heavy (non-hydrogen) atoms. The van der Waals surface area contributed by atoms with Crippen LogP contribution in [0.2, 0.25) is 5.02 Å². The lowest BCUT2D eigenvalue weighted by molar-refractivity contribution is -0.124. The van der Waals surface area contributed by atoms with Gasteiger partial charge in [-0.1, -0.05) is 23.7 Å². The number of carbonyl (C=O) groups excluding carboxylic acids is 1. The third-order valence-corrected chi connectivity index (χ3v) is 5.16. The normalized spacial score (nSPS) is 20.3. The Bertz CT molecular complexity index is 827. The van der Waals surface area contributed by atoms with Gasteiger partial charge in [-0.15, -0.1) is 0 Å². The van der Waals surface area contributed by atoms with Crippen molar-refractivity contribution in [2.24, 2.45) is 0 Å². The molecule has 0 saturated carbocycles. The molecule has 142 valence electrons. The number of hydrogen-bond acceptors (Lipinski definition) is 5. The summed E-state index contributed by atoms with van der Waals surface area (Å²) >= 11 is 5.96. The van der Waals surface area contributed by atoms with E-state index in [-0.39, 0.29) is 24.8 Å². The van der Waals surface area contributed by atoms with E-state index in [1.807, 2.05) is 37.3 Å². The van der Waals surface area contributed by atoms with E-state index in [0.29, 0.717) is 41.9 Å². The van der Waals surface area contributed by atoms with Gasteiger partial charge >= 0.3 is 0 Å². The number of nitrogens with one attached hydrogen (secondary N) is 1. The zero-order chi connectivity index (χ0) is 18.8. The first-order chi connectivity index (χ1) is 13.1. The van der Waals surface area contributed by atoms with Gasteiger partial charge in [-0.3, -0.25) is 9.69 Å². The van der Waals surface area contributed by atoms with E-state index >= 15 is 0 Å². The smallest absolute Gasteiger partial charge is 0.241 e. The van der Waals surface area contributed by atoms with Crippen LogP contribution in [0.25, 0.3) is 0 Å². The van der Waals surface area contributed by atoms with Gasteiger partial charge in [-0.05, 0) is 36.8 Å². The van der Waals surface area contributed by atoms with Crippen LogP contribution in [0, 0.1) is 0 Å². The Labute approximate surface area is 163 Å². The van der Waals surface area contributed by atoms with Gasteiger partial charge in [0.15, 0.2) is 11.5 Å². The molecule has 0 unspecified atom stereocenters. The molecule has 1 amide bonds. The summed E-state index contributed by atoms with van der Waals surface area (Å²) in [5.41, 5.74) is 1.76. The van der Waals surface area contributed by atoms with Crippen molar-refractivity contribution in [3.63, 3.8) is 0 Å². The van der Waals surface area contributed by atoms with Gasteiger partial charge in [0.2, 0.25) is 12.7 Å². The van der Waals surface area contributed by atoms with Gasteiger partial charge in [0.1, 0.15) is 0 Å². The fourth-order valence-electron chi connectivity index (χ4n) is 3.29. The molecular weight excluding hydrogens is 368 g/mol. The van der Waals surface area contributed by atoms with E-state index < -0.39 is 0 Å². The Morgan fingerprint density at radius 3 is 2.78 bits per heavy atom. The van der Waals surface area contributed by atoms with Gasteiger partial charge in [0.05, 0.1) is 18.8 Å². The van der Waals surface area contributed by atoms with Crippen molar-refractivity contribution in [1.82, 2.24) is 4.90 Å². The van der Waals surface area contributed by atoms with E-state index in [1.54, 1.807) is 12.1 Å². The molecule has 0 aromatic heterocycles. The van der Waals surface area contributed by atoms with Gasteiger partial charge in [-0.25, -0.2) is 0 Å². The largest absolute Gasteiger partial charge is 0.454 e. The first-order valence-corrected chi connectivity index (χ1v) is 9.29. The lowest BCUT2D eigenvalue weighted by Crippen LogP contribution is -2.48. The molecule has 2 aliphatic rings. The van der Waals surface area contributed by atoms with Gasteiger partial charge in [-0.2, -0.15) is 0 Å². The number of anilines is 1. The number of benzene rings is 2. The molecule has 2 aliphatic heterocycles. The minimum absolute atomic E-state index is 0.0642. The molecule has 2 atom stereocenters. The Kier molecular flexibility index (Phi) is 5.20. The highest BCUT2D eigenvalue weighted by atomic mass is 35.5. The fourth-order valence-corrected chi connectivity index (χ4v) is 3.41. The van der Waals surface area contributed by atoms with Crippen LogP contribution in [-0.2, 0) is 9.53 Å². The van der Waals surface area contributed by atoms with E-state index in [9.17, 15) is 4.79 Å². The molecule has 2 heterocycles. The summed E-state index contributed by atoms with van der Waals surface area (Å²) in [4.78, 5) is 14.8. The second-order valence-electron chi connectivity index (χ2n) is 6.64. The van der Waals surface area contributed by atoms with E-state index in [1.165, 1.54) is 0 Å². The minimum Gasteiger partial charge on any atom is -0.454 e. The average Bonchev–Trinajstić information content (AvgIpc) is 3.16. The van der Waals surface area contributed by atoms with Crippen molar-refractivity contribution in [1.29, 1.82) is 0 Å². The van der Waals surface area contributed by atoms with Crippen LogP contribution in [0.3, 0.4) is 0 Å². The maximum absolute atomic E-state index is 12.7. The van der Waals surface area contributed by atoms with E-state index in [4.69, 9.17) is 25.8 Å². The molecule has 0 bridgehead atoms. The van der Waals surface area contributed by atoms with Crippen molar-refractivity contribution >= 4 is 23.2 Å². The number of halogens is 1. The number of rotatable bonds is 4. The maximum atomic E-state index is 12.7. The molecule has 1 N–H and O–H groups in total. The molecule has 4 rings (SSSR count). The Balaban J connectivity index is 1.40. The maximum Gasteiger partial charge on any atom is 0.241 e. The SMILES string of the molecule is C[C@@H](C(=O)Nc1ccc2c(c1)OCO2)N1CCO[C@@H](c2ccc(Cl)cc2)C1. The summed E-state index contributed by atoms with van der Waals surface area (Å²) < 4.78 is 16.5. The Morgan fingerprint density at radius 1 is 1.19 bits per heavy atom. The van der Waals surface area contributed by atoms with Crippen molar-refractivity contribution in [3.05, 3.63) is 53.1 Å². The van der Waals surface area contributed by atoms with Crippen LogP contribution in [0.4, 0.5) is 5.69 Å². The highest BCUT2D eigenvalue weighted by Gasteiger charge is 2.29. The van der Waals surface area contributed by atoms with Gasteiger partial charge < -0.3 is 19.5 Å². The van der Waals surface area contributed by atoms with Crippen LogP contribution < -0.4 is 14.8 Å². The summed E-state index contributed by atoms with van der Waals surface area (Å²) in [6.45, 7) is 4.06. The molecule has 0 radical (unpaired) electrons. The summed E-state index contributed by atoms with van der Waals surface area (Å²) in [6.07, 6.45) is -0.0724. The summed E-state index contributed by atoms with van der Waals surface area (Å²) in [7, 11) is 0. The number of fused-ring (bicyclic) bond motifs is 1. The number of morpholine rings is 1.